The number of hydrogen-bond acceptors (Lipinski definition) is 3. The largest absolute Gasteiger partial charge is 0.397 e. The van der Waals surface area contributed by atoms with Gasteiger partial charge in [0, 0.05) is 30.4 Å². The molecule has 0 amide bonds. The Morgan fingerprint density at radius 3 is 2.89 bits per heavy atom. The van der Waals surface area contributed by atoms with Crippen molar-refractivity contribution in [3.8, 4) is 5.69 Å². The van der Waals surface area contributed by atoms with Crippen LogP contribution in [0.3, 0.4) is 0 Å². The highest BCUT2D eigenvalue weighted by Crippen LogP contribution is 2.26. The standard InChI is InChI=1S/C15H16N4/c1-2-4-14-17-9-10-19(14)13-7-6-12(16)15-11(13)5-3-8-18-15/h3,5-10H,2,4,16H2,1H3. The molecule has 0 aliphatic heterocycles. The number of imidazole rings is 1. The van der Waals surface area contributed by atoms with Crippen LogP contribution in [0.25, 0.3) is 16.6 Å². The van der Waals surface area contributed by atoms with Crippen LogP contribution in [0.4, 0.5) is 5.69 Å². The van der Waals surface area contributed by atoms with E-state index in [0.29, 0.717) is 5.69 Å². The first-order valence-corrected chi connectivity index (χ1v) is 6.47. The minimum Gasteiger partial charge on any atom is -0.397 e. The van der Waals surface area contributed by atoms with Gasteiger partial charge in [-0.3, -0.25) is 4.98 Å². The first-order chi connectivity index (χ1) is 9.31. The maximum Gasteiger partial charge on any atom is 0.113 e. The number of aryl methyl sites for hydroxylation is 1. The van der Waals surface area contributed by atoms with Crippen LogP contribution in [0.5, 0.6) is 0 Å². The van der Waals surface area contributed by atoms with Gasteiger partial charge in [-0.25, -0.2) is 4.98 Å². The maximum atomic E-state index is 5.99. The van der Waals surface area contributed by atoms with E-state index >= 15 is 0 Å². The van der Waals surface area contributed by atoms with Crippen molar-refractivity contribution in [2.24, 2.45) is 0 Å². The Hall–Kier alpha value is -2.36. The van der Waals surface area contributed by atoms with Crippen LogP contribution in [0, 0.1) is 0 Å². The van der Waals surface area contributed by atoms with Crippen LogP contribution < -0.4 is 5.73 Å². The number of fused-ring (bicyclic) bond motifs is 1. The third-order valence-corrected chi connectivity index (χ3v) is 3.23. The Morgan fingerprint density at radius 1 is 1.16 bits per heavy atom. The lowest BCUT2D eigenvalue weighted by Crippen LogP contribution is -2.02. The molecule has 0 aliphatic carbocycles. The lowest BCUT2D eigenvalue weighted by Gasteiger charge is -2.11. The van der Waals surface area contributed by atoms with Gasteiger partial charge in [0.15, 0.2) is 0 Å². The molecular weight excluding hydrogens is 236 g/mol. The predicted molar refractivity (Wildman–Crippen MR) is 77.3 cm³/mol. The topological polar surface area (TPSA) is 56.7 Å². The second-order valence-corrected chi connectivity index (χ2v) is 4.54. The molecule has 0 bridgehead atoms. The van der Waals surface area contributed by atoms with Gasteiger partial charge in [-0.2, -0.15) is 0 Å². The van der Waals surface area contributed by atoms with Gasteiger partial charge >= 0.3 is 0 Å². The Bertz CT molecular complexity index is 715. The molecule has 0 atom stereocenters. The zero-order valence-electron chi connectivity index (χ0n) is 10.9. The summed E-state index contributed by atoms with van der Waals surface area (Å²) in [6.07, 6.45) is 7.62. The summed E-state index contributed by atoms with van der Waals surface area (Å²) in [6, 6.07) is 7.91. The van der Waals surface area contributed by atoms with Crippen LogP contribution >= 0.6 is 0 Å². The third-order valence-electron chi connectivity index (χ3n) is 3.23. The molecule has 0 radical (unpaired) electrons. The van der Waals surface area contributed by atoms with E-state index in [-0.39, 0.29) is 0 Å². The fourth-order valence-corrected chi connectivity index (χ4v) is 2.35. The highest BCUT2D eigenvalue weighted by molar-refractivity contribution is 5.95. The average Bonchev–Trinajstić information content (AvgIpc) is 2.88. The van der Waals surface area contributed by atoms with Crippen molar-refractivity contribution in [2.75, 3.05) is 5.73 Å². The van der Waals surface area contributed by atoms with E-state index in [0.717, 1.165) is 35.3 Å². The maximum absolute atomic E-state index is 5.99. The fraction of sp³-hybridized carbons (Fsp3) is 0.200. The van der Waals surface area contributed by atoms with Gasteiger partial charge < -0.3 is 10.3 Å². The Kier molecular flexibility index (Phi) is 2.91. The molecule has 0 unspecified atom stereocenters. The zero-order valence-corrected chi connectivity index (χ0v) is 10.9. The second kappa shape index (κ2) is 4.72. The Morgan fingerprint density at radius 2 is 2.05 bits per heavy atom. The van der Waals surface area contributed by atoms with Crippen molar-refractivity contribution >= 4 is 16.6 Å². The normalized spacial score (nSPS) is 11.0. The molecule has 4 heteroatoms. The number of anilines is 1. The molecule has 0 aliphatic rings. The zero-order chi connectivity index (χ0) is 13.2. The van der Waals surface area contributed by atoms with Gasteiger partial charge in [-0.15, -0.1) is 0 Å². The second-order valence-electron chi connectivity index (χ2n) is 4.54. The molecule has 2 N–H and O–H groups in total. The third kappa shape index (κ3) is 1.95. The number of pyridine rings is 1. The fourth-order valence-electron chi connectivity index (χ4n) is 2.35. The Balaban J connectivity index is 2.25. The summed E-state index contributed by atoms with van der Waals surface area (Å²) in [6.45, 7) is 2.15. The van der Waals surface area contributed by atoms with Crippen molar-refractivity contribution in [3.05, 3.63) is 48.7 Å². The van der Waals surface area contributed by atoms with E-state index in [4.69, 9.17) is 5.73 Å². The predicted octanol–water partition coefficient (Wildman–Crippen LogP) is 2.96. The van der Waals surface area contributed by atoms with Gasteiger partial charge in [-0.1, -0.05) is 6.92 Å². The number of rotatable bonds is 3. The van der Waals surface area contributed by atoms with Gasteiger partial charge in [-0.05, 0) is 30.7 Å². The summed E-state index contributed by atoms with van der Waals surface area (Å²) >= 11 is 0. The van der Waals surface area contributed by atoms with Crippen molar-refractivity contribution in [1.29, 1.82) is 0 Å². The molecule has 3 rings (SSSR count). The number of nitrogen functional groups attached to an aromatic ring is 1. The monoisotopic (exact) mass is 252 g/mol. The van der Waals surface area contributed by atoms with Gasteiger partial charge in [0.05, 0.1) is 16.9 Å². The summed E-state index contributed by atoms with van der Waals surface area (Å²) in [7, 11) is 0. The number of hydrogen-bond donors (Lipinski definition) is 1. The van der Waals surface area contributed by atoms with Crippen molar-refractivity contribution < 1.29 is 0 Å². The molecule has 96 valence electrons. The van der Waals surface area contributed by atoms with E-state index in [9.17, 15) is 0 Å². The lowest BCUT2D eigenvalue weighted by atomic mass is 10.1. The average molecular weight is 252 g/mol. The minimum absolute atomic E-state index is 0.705. The minimum atomic E-state index is 0.705. The highest BCUT2D eigenvalue weighted by Gasteiger charge is 2.09. The molecule has 2 heterocycles. The summed E-state index contributed by atoms with van der Waals surface area (Å²) in [4.78, 5) is 8.79. The molecule has 0 spiro atoms. The smallest absolute Gasteiger partial charge is 0.113 e. The molecule has 4 nitrogen and oxygen atoms in total. The van der Waals surface area contributed by atoms with Crippen LogP contribution in [-0.4, -0.2) is 14.5 Å². The first-order valence-electron chi connectivity index (χ1n) is 6.47. The van der Waals surface area contributed by atoms with E-state index < -0.39 is 0 Å². The number of aromatic nitrogens is 3. The number of nitrogens with two attached hydrogens (primary N) is 1. The molecule has 3 aromatic rings. The van der Waals surface area contributed by atoms with Crippen LogP contribution in [0.1, 0.15) is 19.2 Å². The molecule has 0 fully saturated rings. The van der Waals surface area contributed by atoms with Crippen LogP contribution in [-0.2, 0) is 6.42 Å². The van der Waals surface area contributed by atoms with E-state index in [1.807, 2.05) is 36.7 Å². The highest BCUT2D eigenvalue weighted by atomic mass is 15.1. The molecule has 2 aromatic heterocycles. The van der Waals surface area contributed by atoms with Crippen molar-refractivity contribution in [3.63, 3.8) is 0 Å². The number of benzene rings is 1. The van der Waals surface area contributed by atoms with Crippen LogP contribution in [0.2, 0.25) is 0 Å². The molecular formula is C15H16N4. The SMILES string of the molecule is CCCc1nccn1-c1ccc(N)c2ncccc12. The molecule has 1 aromatic carbocycles. The van der Waals surface area contributed by atoms with E-state index in [1.165, 1.54) is 0 Å². The van der Waals surface area contributed by atoms with Crippen LogP contribution in [0.15, 0.2) is 42.9 Å². The summed E-state index contributed by atoms with van der Waals surface area (Å²) in [5.41, 5.74) is 8.62. The first kappa shape index (κ1) is 11.7. The van der Waals surface area contributed by atoms with E-state index in [2.05, 4.69) is 21.5 Å². The quantitative estimate of drug-likeness (QED) is 0.729. The summed E-state index contributed by atoms with van der Waals surface area (Å²) < 4.78 is 2.12. The van der Waals surface area contributed by atoms with Gasteiger partial charge in [0.1, 0.15) is 5.82 Å². The van der Waals surface area contributed by atoms with Crippen molar-refractivity contribution in [1.82, 2.24) is 14.5 Å². The summed E-state index contributed by atoms with van der Waals surface area (Å²) in [5.74, 6) is 1.07. The molecule has 19 heavy (non-hydrogen) atoms. The summed E-state index contributed by atoms with van der Waals surface area (Å²) in [5, 5.41) is 1.05. The molecule has 0 saturated heterocycles. The lowest BCUT2D eigenvalue weighted by molar-refractivity contribution is 0.811. The van der Waals surface area contributed by atoms with Crippen molar-refractivity contribution in [2.45, 2.75) is 19.8 Å². The van der Waals surface area contributed by atoms with Gasteiger partial charge in [0.25, 0.3) is 0 Å². The van der Waals surface area contributed by atoms with Gasteiger partial charge in [0.2, 0.25) is 0 Å². The van der Waals surface area contributed by atoms with E-state index in [1.54, 1.807) is 6.20 Å². The molecule has 0 saturated carbocycles. The number of nitrogens with zero attached hydrogens (tertiary/aromatic N) is 3. The Labute approximate surface area is 111 Å².